The van der Waals surface area contributed by atoms with Crippen LogP contribution < -0.4 is 10.1 Å². The van der Waals surface area contributed by atoms with Crippen LogP contribution in [0.2, 0.25) is 0 Å². The summed E-state index contributed by atoms with van der Waals surface area (Å²) >= 11 is 0. The summed E-state index contributed by atoms with van der Waals surface area (Å²) in [7, 11) is 0. The molecule has 3 rings (SSSR count). The number of para-hydroxylation sites is 1. The van der Waals surface area contributed by atoms with E-state index >= 15 is 0 Å². The Kier molecular flexibility index (Phi) is 6.65. The molecular formula is C21H27N3O3. The molecule has 0 bridgehead atoms. The van der Waals surface area contributed by atoms with Gasteiger partial charge in [-0.3, -0.25) is 4.79 Å². The van der Waals surface area contributed by atoms with Crippen LogP contribution in [0.25, 0.3) is 0 Å². The highest BCUT2D eigenvalue weighted by molar-refractivity contribution is 5.94. The summed E-state index contributed by atoms with van der Waals surface area (Å²) in [5, 5.41) is 3.38. The SMILES string of the molecule is CCCOc1ccccc1C(C)Nc1ccc(C(=O)N2CCOCC2)cn1. The maximum Gasteiger partial charge on any atom is 0.255 e. The van der Waals surface area contributed by atoms with Crippen LogP contribution in [0, 0.1) is 0 Å². The van der Waals surface area contributed by atoms with E-state index in [-0.39, 0.29) is 11.9 Å². The molecule has 1 fully saturated rings. The number of carbonyl (C=O) groups is 1. The van der Waals surface area contributed by atoms with Crippen LogP contribution in [0.3, 0.4) is 0 Å². The van der Waals surface area contributed by atoms with Crippen molar-refractivity contribution in [1.29, 1.82) is 0 Å². The van der Waals surface area contributed by atoms with Crippen molar-refractivity contribution in [2.75, 3.05) is 38.2 Å². The zero-order valence-electron chi connectivity index (χ0n) is 16.0. The highest BCUT2D eigenvalue weighted by Gasteiger charge is 2.19. The number of carbonyl (C=O) groups excluding carboxylic acids is 1. The first-order valence-electron chi connectivity index (χ1n) is 9.50. The topological polar surface area (TPSA) is 63.7 Å². The Balaban J connectivity index is 1.65. The molecule has 2 aromatic rings. The molecule has 0 radical (unpaired) electrons. The number of rotatable bonds is 7. The Morgan fingerprint density at radius 1 is 1.26 bits per heavy atom. The van der Waals surface area contributed by atoms with Crippen molar-refractivity contribution >= 4 is 11.7 Å². The average Bonchev–Trinajstić information content (AvgIpc) is 2.73. The second-order valence-corrected chi connectivity index (χ2v) is 6.59. The van der Waals surface area contributed by atoms with E-state index < -0.39 is 0 Å². The summed E-state index contributed by atoms with van der Waals surface area (Å²) in [5.74, 6) is 1.62. The van der Waals surface area contributed by atoms with Gasteiger partial charge in [0.05, 0.1) is 31.4 Å². The third kappa shape index (κ3) is 4.98. The van der Waals surface area contributed by atoms with Crippen molar-refractivity contribution in [3.8, 4) is 5.75 Å². The summed E-state index contributed by atoms with van der Waals surface area (Å²) in [6, 6.07) is 11.7. The summed E-state index contributed by atoms with van der Waals surface area (Å²) in [5.41, 5.74) is 1.68. The fourth-order valence-corrected chi connectivity index (χ4v) is 3.04. The number of hydrogen-bond donors (Lipinski definition) is 1. The molecule has 1 aromatic carbocycles. The van der Waals surface area contributed by atoms with Gasteiger partial charge in [-0.05, 0) is 31.5 Å². The van der Waals surface area contributed by atoms with E-state index in [4.69, 9.17) is 9.47 Å². The molecule has 27 heavy (non-hydrogen) atoms. The quantitative estimate of drug-likeness (QED) is 0.809. The van der Waals surface area contributed by atoms with Gasteiger partial charge in [-0.15, -0.1) is 0 Å². The van der Waals surface area contributed by atoms with E-state index in [0.29, 0.717) is 38.5 Å². The van der Waals surface area contributed by atoms with Crippen molar-refractivity contribution in [1.82, 2.24) is 9.88 Å². The van der Waals surface area contributed by atoms with Crippen LogP contribution in [-0.2, 0) is 4.74 Å². The summed E-state index contributed by atoms with van der Waals surface area (Å²) in [6.45, 7) is 7.30. The molecule has 144 valence electrons. The van der Waals surface area contributed by atoms with Gasteiger partial charge in [-0.2, -0.15) is 0 Å². The molecule has 1 N–H and O–H groups in total. The largest absolute Gasteiger partial charge is 0.493 e. The Bertz CT molecular complexity index is 743. The fraction of sp³-hybridized carbons (Fsp3) is 0.429. The zero-order chi connectivity index (χ0) is 19.1. The van der Waals surface area contributed by atoms with Crippen molar-refractivity contribution in [3.05, 3.63) is 53.7 Å². The van der Waals surface area contributed by atoms with Crippen LogP contribution in [0.1, 0.15) is 42.2 Å². The Hall–Kier alpha value is -2.60. The van der Waals surface area contributed by atoms with Crippen LogP contribution in [0.5, 0.6) is 5.75 Å². The molecule has 0 aliphatic carbocycles. The smallest absolute Gasteiger partial charge is 0.255 e. The molecule has 1 amide bonds. The van der Waals surface area contributed by atoms with E-state index in [1.54, 1.807) is 11.1 Å². The van der Waals surface area contributed by atoms with Crippen molar-refractivity contribution in [3.63, 3.8) is 0 Å². The van der Waals surface area contributed by atoms with Crippen LogP contribution >= 0.6 is 0 Å². The first-order chi connectivity index (χ1) is 13.2. The number of benzene rings is 1. The molecule has 0 saturated carbocycles. The molecule has 2 heterocycles. The second-order valence-electron chi connectivity index (χ2n) is 6.59. The van der Waals surface area contributed by atoms with E-state index in [0.717, 1.165) is 23.6 Å². The number of nitrogens with zero attached hydrogens (tertiary/aromatic N) is 2. The monoisotopic (exact) mass is 369 g/mol. The van der Waals surface area contributed by atoms with E-state index in [1.165, 1.54) is 0 Å². The summed E-state index contributed by atoms with van der Waals surface area (Å²) in [6.07, 6.45) is 2.60. The Labute approximate surface area is 160 Å². The van der Waals surface area contributed by atoms with Gasteiger partial charge in [0.1, 0.15) is 11.6 Å². The minimum atomic E-state index is 0.00343. The van der Waals surface area contributed by atoms with Crippen LogP contribution in [0.4, 0.5) is 5.82 Å². The first-order valence-corrected chi connectivity index (χ1v) is 9.50. The molecule has 1 unspecified atom stereocenters. The first kappa shape index (κ1) is 19.2. The minimum Gasteiger partial charge on any atom is -0.493 e. The third-order valence-electron chi connectivity index (χ3n) is 4.52. The van der Waals surface area contributed by atoms with Gasteiger partial charge in [0.25, 0.3) is 5.91 Å². The van der Waals surface area contributed by atoms with Crippen molar-refractivity contribution in [2.45, 2.75) is 26.3 Å². The average molecular weight is 369 g/mol. The van der Waals surface area contributed by atoms with Gasteiger partial charge in [0.15, 0.2) is 0 Å². The summed E-state index contributed by atoms with van der Waals surface area (Å²) < 4.78 is 11.1. The normalized spacial score (nSPS) is 15.3. The number of ether oxygens (including phenoxy) is 2. The predicted octanol–water partition coefficient (Wildman–Crippen LogP) is 3.52. The van der Waals surface area contributed by atoms with Crippen LogP contribution in [-0.4, -0.2) is 48.7 Å². The standard InChI is InChI=1S/C21H27N3O3/c1-3-12-27-19-7-5-4-6-18(19)16(2)23-20-9-8-17(15-22-20)21(25)24-10-13-26-14-11-24/h4-9,15-16H,3,10-14H2,1-2H3,(H,22,23). The van der Waals surface area contributed by atoms with Gasteiger partial charge in [0, 0.05) is 24.8 Å². The molecule has 1 aliphatic rings. The highest BCUT2D eigenvalue weighted by atomic mass is 16.5. The highest BCUT2D eigenvalue weighted by Crippen LogP contribution is 2.27. The molecule has 1 atom stereocenters. The van der Waals surface area contributed by atoms with Gasteiger partial charge >= 0.3 is 0 Å². The Morgan fingerprint density at radius 3 is 2.74 bits per heavy atom. The fourth-order valence-electron chi connectivity index (χ4n) is 3.04. The molecule has 1 aromatic heterocycles. The zero-order valence-corrected chi connectivity index (χ0v) is 16.0. The van der Waals surface area contributed by atoms with E-state index in [2.05, 4.69) is 30.2 Å². The molecule has 6 nitrogen and oxygen atoms in total. The van der Waals surface area contributed by atoms with E-state index in [1.807, 2.05) is 30.3 Å². The van der Waals surface area contributed by atoms with Gasteiger partial charge in [0.2, 0.25) is 0 Å². The minimum absolute atomic E-state index is 0.00343. The third-order valence-corrected chi connectivity index (χ3v) is 4.52. The van der Waals surface area contributed by atoms with Crippen molar-refractivity contribution in [2.24, 2.45) is 0 Å². The number of morpholine rings is 1. The molecule has 1 saturated heterocycles. The van der Waals surface area contributed by atoms with E-state index in [9.17, 15) is 4.79 Å². The number of aromatic nitrogens is 1. The lowest BCUT2D eigenvalue weighted by Crippen LogP contribution is -2.40. The molecular weight excluding hydrogens is 342 g/mol. The maximum absolute atomic E-state index is 12.5. The second kappa shape index (κ2) is 9.37. The Morgan fingerprint density at radius 2 is 2.04 bits per heavy atom. The van der Waals surface area contributed by atoms with Crippen LogP contribution in [0.15, 0.2) is 42.6 Å². The molecule has 6 heteroatoms. The molecule has 1 aliphatic heterocycles. The number of nitrogens with one attached hydrogen (secondary N) is 1. The maximum atomic E-state index is 12.5. The molecule has 0 spiro atoms. The number of hydrogen-bond acceptors (Lipinski definition) is 5. The van der Waals surface area contributed by atoms with Gasteiger partial charge in [-0.25, -0.2) is 4.98 Å². The number of pyridine rings is 1. The lowest BCUT2D eigenvalue weighted by molar-refractivity contribution is 0.0302. The van der Waals surface area contributed by atoms with Gasteiger partial charge < -0.3 is 19.7 Å². The number of amides is 1. The van der Waals surface area contributed by atoms with Gasteiger partial charge in [-0.1, -0.05) is 25.1 Å². The number of anilines is 1. The predicted molar refractivity (Wildman–Crippen MR) is 105 cm³/mol. The van der Waals surface area contributed by atoms with Crippen molar-refractivity contribution < 1.29 is 14.3 Å². The summed E-state index contributed by atoms with van der Waals surface area (Å²) in [4.78, 5) is 18.7. The lowest BCUT2D eigenvalue weighted by atomic mass is 10.1. The lowest BCUT2D eigenvalue weighted by Gasteiger charge is -2.26.